The second-order valence-corrected chi connectivity index (χ2v) is 4.83. The molecule has 22 heavy (non-hydrogen) atoms. The number of carbonyl (C=O) groups is 3. The van der Waals surface area contributed by atoms with Gasteiger partial charge in [-0.15, -0.1) is 0 Å². The molecule has 0 aromatic carbocycles. The van der Waals surface area contributed by atoms with E-state index in [1.54, 1.807) is 19.2 Å². The summed E-state index contributed by atoms with van der Waals surface area (Å²) in [5.41, 5.74) is 0. The number of furan rings is 1. The highest BCUT2D eigenvalue weighted by Gasteiger charge is 2.12. The molecule has 1 aromatic heterocycles. The van der Waals surface area contributed by atoms with Crippen LogP contribution in [-0.4, -0.2) is 49.4 Å². The fourth-order valence-corrected chi connectivity index (χ4v) is 1.66. The molecule has 0 fully saturated rings. The molecule has 3 N–H and O–H groups in total. The van der Waals surface area contributed by atoms with Gasteiger partial charge in [0.15, 0.2) is 0 Å². The summed E-state index contributed by atoms with van der Waals surface area (Å²) in [4.78, 5) is 36.2. The van der Waals surface area contributed by atoms with Crippen LogP contribution in [0.5, 0.6) is 0 Å². The molecular weight excluding hydrogens is 288 g/mol. The molecule has 0 aliphatic rings. The number of carbonyl (C=O) groups excluding carboxylic acids is 3. The summed E-state index contributed by atoms with van der Waals surface area (Å²) in [5, 5.41) is 7.39. The molecule has 0 saturated carbocycles. The maximum atomic E-state index is 11.7. The van der Waals surface area contributed by atoms with Gasteiger partial charge in [0, 0.05) is 6.54 Å². The minimum absolute atomic E-state index is 0.0479. The van der Waals surface area contributed by atoms with E-state index in [1.807, 2.05) is 6.92 Å². The highest BCUT2D eigenvalue weighted by Crippen LogP contribution is 1.97. The van der Waals surface area contributed by atoms with E-state index in [0.717, 1.165) is 6.42 Å². The van der Waals surface area contributed by atoms with Crippen LogP contribution in [0.1, 0.15) is 19.1 Å². The maximum Gasteiger partial charge on any atom is 0.321 e. The highest BCUT2D eigenvalue weighted by molar-refractivity contribution is 5.95. The van der Waals surface area contributed by atoms with E-state index in [2.05, 4.69) is 16.0 Å². The lowest BCUT2D eigenvalue weighted by atomic mass is 10.4. The molecule has 0 spiro atoms. The summed E-state index contributed by atoms with van der Waals surface area (Å²) < 4.78 is 5.05. The van der Waals surface area contributed by atoms with E-state index >= 15 is 0 Å². The summed E-state index contributed by atoms with van der Waals surface area (Å²) in [5.74, 6) is -0.0468. The van der Waals surface area contributed by atoms with Gasteiger partial charge in [-0.05, 0) is 25.6 Å². The number of urea groups is 1. The van der Waals surface area contributed by atoms with Crippen LogP contribution in [0, 0.1) is 0 Å². The molecule has 1 rings (SSSR count). The molecule has 0 atom stereocenters. The molecule has 8 nitrogen and oxygen atoms in total. The van der Waals surface area contributed by atoms with Gasteiger partial charge in [0.1, 0.15) is 5.76 Å². The molecule has 0 saturated heterocycles. The van der Waals surface area contributed by atoms with Gasteiger partial charge in [-0.1, -0.05) is 6.92 Å². The van der Waals surface area contributed by atoms with Crippen molar-refractivity contribution in [3.8, 4) is 0 Å². The molecule has 122 valence electrons. The molecule has 4 amide bonds. The largest absolute Gasteiger partial charge is 0.467 e. The number of nitrogens with one attached hydrogen (secondary N) is 3. The van der Waals surface area contributed by atoms with Crippen LogP contribution < -0.4 is 16.0 Å². The Morgan fingerprint density at radius 1 is 1.18 bits per heavy atom. The molecule has 0 bridgehead atoms. The van der Waals surface area contributed by atoms with Gasteiger partial charge < -0.3 is 15.1 Å². The van der Waals surface area contributed by atoms with Crippen molar-refractivity contribution >= 4 is 17.8 Å². The summed E-state index contributed by atoms with van der Waals surface area (Å²) >= 11 is 0. The topological polar surface area (TPSA) is 104 Å². The Morgan fingerprint density at radius 2 is 1.91 bits per heavy atom. The Hall–Kier alpha value is -2.35. The van der Waals surface area contributed by atoms with Gasteiger partial charge in [-0.2, -0.15) is 0 Å². The second-order valence-electron chi connectivity index (χ2n) is 4.83. The number of imide groups is 1. The smallest absolute Gasteiger partial charge is 0.321 e. The molecule has 0 aliphatic carbocycles. The van der Waals surface area contributed by atoms with Gasteiger partial charge in [0.2, 0.25) is 11.8 Å². The van der Waals surface area contributed by atoms with Crippen molar-refractivity contribution < 1.29 is 18.8 Å². The first-order valence-corrected chi connectivity index (χ1v) is 7.06. The van der Waals surface area contributed by atoms with E-state index in [1.165, 1.54) is 11.2 Å². The number of nitrogens with zero attached hydrogens (tertiary/aromatic N) is 1. The second kappa shape index (κ2) is 9.56. The van der Waals surface area contributed by atoms with Gasteiger partial charge in [-0.25, -0.2) is 4.79 Å². The molecule has 0 aliphatic heterocycles. The van der Waals surface area contributed by atoms with Crippen molar-refractivity contribution in [2.75, 3.05) is 26.7 Å². The van der Waals surface area contributed by atoms with Crippen LogP contribution in [0.2, 0.25) is 0 Å². The third-order valence-electron chi connectivity index (χ3n) is 2.66. The molecule has 8 heteroatoms. The Balaban J connectivity index is 2.20. The first-order chi connectivity index (χ1) is 10.5. The SMILES string of the molecule is CCCNC(=O)CN(C)CC(=O)NC(=O)NCc1ccco1. The Labute approximate surface area is 129 Å². The lowest BCUT2D eigenvalue weighted by Gasteiger charge is -2.15. The number of hydrogen-bond acceptors (Lipinski definition) is 5. The quantitative estimate of drug-likeness (QED) is 0.630. The predicted octanol–water partition coefficient (Wildman–Crippen LogP) is 0.0634. The van der Waals surface area contributed by atoms with Crippen molar-refractivity contribution in [2.45, 2.75) is 19.9 Å². The average molecular weight is 310 g/mol. The normalized spacial score (nSPS) is 10.3. The third-order valence-corrected chi connectivity index (χ3v) is 2.66. The number of amides is 4. The summed E-state index contributed by atoms with van der Waals surface area (Å²) in [6.45, 7) is 2.81. The lowest BCUT2D eigenvalue weighted by Crippen LogP contribution is -2.45. The zero-order chi connectivity index (χ0) is 16.4. The van der Waals surface area contributed by atoms with E-state index in [4.69, 9.17) is 4.42 Å². The van der Waals surface area contributed by atoms with Crippen LogP contribution in [0.15, 0.2) is 22.8 Å². The van der Waals surface area contributed by atoms with Crippen molar-refractivity contribution in [1.29, 1.82) is 0 Å². The van der Waals surface area contributed by atoms with E-state index in [9.17, 15) is 14.4 Å². The highest BCUT2D eigenvalue weighted by atomic mass is 16.3. The fraction of sp³-hybridized carbons (Fsp3) is 0.500. The monoisotopic (exact) mass is 310 g/mol. The van der Waals surface area contributed by atoms with Crippen LogP contribution in [0.3, 0.4) is 0 Å². The number of likely N-dealkylation sites (N-methyl/N-ethyl adjacent to an activating group) is 1. The van der Waals surface area contributed by atoms with Gasteiger partial charge in [0.25, 0.3) is 0 Å². The van der Waals surface area contributed by atoms with Crippen molar-refractivity contribution in [3.05, 3.63) is 24.2 Å². The Morgan fingerprint density at radius 3 is 2.55 bits per heavy atom. The van der Waals surface area contributed by atoms with Crippen LogP contribution in [0.4, 0.5) is 4.79 Å². The molecule has 1 aromatic rings. The van der Waals surface area contributed by atoms with Crippen molar-refractivity contribution in [3.63, 3.8) is 0 Å². The molecule has 0 unspecified atom stereocenters. The van der Waals surface area contributed by atoms with E-state index in [-0.39, 0.29) is 25.5 Å². The van der Waals surface area contributed by atoms with Gasteiger partial charge >= 0.3 is 6.03 Å². The fourth-order valence-electron chi connectivity index (χ4n) is 1.66. The summed E-state index contributed by atoms with van der Waals surface area (Å²) in [6.07, 6.45) is 2.35. The van der Waals surface area contributed by atoms with Crippen LogP contribution in [0.25, 0.3) is 0 Å². The van der Waals surface area contributed by atoms with E-state index < -0.39 is 11.9 Å². The first-order valence-electron chi connectivity index (χ1n) is 7.06. The average Bonchev–Trinajstić information content (AvgIpc) is 2.95. The zero-order valence-electron chi connectivity index (χ0n) is 12.8. The Kier molecular flexibility index (Phi) is 7.69. The standard InChI is InChI=1S/C14H22N4O4/c1-3-6-15-12(19)9-18(2)10-13(20)17-14(21)16-8-11-5-4-7-22-11/h4-5,7H,3,6,8-10H2,1-2H3,(H,15,19)(H2,16,17,20,21). The lowest BCUT2D eigenvalue weighted by molar-refractivity contribution is -0.124. The van der Waals surface area contributed by atoms with Crippen LogP contribution in [-0.2, 0) is 16.1 Å². The molecule has 0 radical (unpaired) electrons. The van der Waals surface area contributed by atoms with Crippen molar-refractivity contribution in [1.82, 2.24) is 20.9 Å². The maximum absolute atomic E-state index is 11.7. The van der Waals surface area contributed by atoms with Crippen molar-refractivity contribution in [2.24, 2.45) is 0 Å². The summed E-state index contributed by atoms with van der Waals surface area (Å²) in [7, 11) is 1.63. The molecular formula is C14H22N4O4. The minimum Gasteiger partial charge on any atom is -0.467 e. The minimum atomic E-state index is -0.606. The zero-order valence-corrected chi connectivity index (χ0v) is 12.8. The predicted molar refractivity (Wildman–Crippen MR) is 79.9 cm³/mol. The van der Waals surface area contributed by atoms with Gasteiger partial charge in [-0.3, -0.25) is 19.8 Å². The summed E-state index contributed by atoms with van der Waals surface area (Å²) in [6, 6.07) is 2.81. The molecule has 1 heterocycles. The van der Waals surface area contributed by atoms with Crippen LogP contribution >= 0.6 is 0 Å². The Bertz CT molecular complexity index is 487. The van der Waals surface area contributed by atoms with E-state index in [0.29, 0.717) is 12.3 Å². The van der Waals surface area contributed by atoms with Gasteiger partial charge in [0.05, 0.1) is 25.9 Å². The first kappa shape index (κ1) is 17.7. The number of hydrogen-bond donors (Lipinski definition) is 3. The third kappa shape index (κ3) is 7.44. The number of rotatable bonds is 8.